The fraction of sp³-hybridized carbons (Fsp3) is 0.562. The summed E-state index contributed by atoms with van der Waals surface area (Å²) in [7, 11) is 1.60. The number of benzene rings is 1. The first kappa shape index (κ1) is 15.6. The predicted molar refractivity (Wildman–Crippen MR) is 82.6 cm³/mol. The Morgan fingerprint density at radius 3 is 2.52 bits per heavy atom. The lowest BCUT2D eigenvalue weighted by molar-refractivity contribution is -0.00356. The maximum Gasteiger partial charge on any atom is 0.319 e. The monoisotopic (exact) mass is 292 g/mol. The van der Waals surface area contributed by atoms with E-state index < -0.39 is 5.60 Å². The Labute approximate surface area is 125 Å². The Kier molecular flexibility index (Phi) is 5.07. The molecule has 0 heterocycles. The fourth-order valence-electron chi connectivity index (χ4n) is 2.57. The number of aliphatic hydroxyl groups is 1. The molecule has 1 saturated carbocycles. The summed E-state index contributed by atoms with van der Waals surface area (Å²) in [6.07, 6.45) is 3.52. The summed E-state index contributed by atoms with van der Waals surface area (Å²) >= 11 is 0. The van der Waals surface area contributed by atoms with Crippen molar-refractivity contribution in [3.63, 3.8) is 0 Å². The molecule has 1 aliphatic rings. The summed E-state index contributed by atoms with van der Waals surface area (Å²) in [5, 5.41) is 15.9. The van der Waals surface area contributed by atoms with E-state index in [0.29, 0.717) is 18.2 Å². The van der Waals surface area contributed by atoms with E-state index in [1.165, 1.54) is 0 Å². The van der Waals surface area contributed by atoms with Crippen molar-refractivity contribution < 1.29 is 14.6 Å². The van der Waals surface area contributed by atoms with Gasteiger partial charge < -0.3 is 20.5 Å². The Morgan fingerprint density at radius 1 is 1.33 bits per heavy atom. The second-order valence-corrected chi connectivity index (χ2v) is 5.94. The van der Waals surface area contributed by atoms with Gasteiger partial charge >= 0.3 is 6.03 Å². The molecule has 2 rings (SSSR count). The average molecular weight is 292 g/mol. The standard InChI is InChI=1S/C16H24N2O3/c1-12-7-9-16(20,10-8-12)11-17-15(19)18-13-3-5-14(21-2)6-4-13/h3-6,12,20H,7-11H2,1-2H3,(H2,17,18,19). The summed E-state index contributed by atoms with van der Waals surface area (Å²) in [6.45, 7) is 2.49. The van der Waals surface area contributed by atoms with Gasteiger partial charge in [-0.2, -0.15) is 0 Å². The molecule has 2 amide bonds. The molecular formula is C16H24N2O3. The normalized spacial score (nSPS) is 25.2. The first-order valence-corrected chi connectivity index (χ1v) is 7.42. The van der Waals surface area contributed by atoms with Crippen LogP contribution in [0.25, 0.3) is 0 Å². The molecule has 0 radical (unpaired) electrons. The van der Waals surface area contributed by atoms with Crippen LogP contribution in [0.2, 0.25) is 0 Å². The summed E-state index contributed by atoms with van der Waals surface area (Å²) in [5.74, 6) is 1.41. The van der Waals surface area contributed by atoms with Gasteiger partial charge in [-0.3, -0.25) is 0 Å². The molecule has 0 atom stereocenters. The van der Waals surface area contributed by atoms with Gasteiger partial charge in [0, 0.05) is 12.2 Å². The highest BCUT2D eigenvalue weighted by molar-refractivity contribution is 5.89. The molecule has 0 spiro atoms. The number of ether oxygens (including phenoxy) is 1. The van der Waals surface area contributed by atoms with Gasteiger partial charge in [-0.1, -0.05) is 6.92 Å². The lowest BCUT2D eigenvalue weighted by Gasteiger charge is -2.34. The van der Waals surface area contributed by atoms with E-state index >= 15 is 0 Å². The largest absolute Gasteiger partial charge is 0.497 e. The molecule has 5 nitrogen and oxygen atoms in total. The van der Waals surface area contributed by atoms with Crippen LogP contribution in [0, 0.1) is 5.92 Å². The maximum absolute atomic E-state index is 11.9. The molecule has 0 aromatic heterocycles. The number of hydrogen-bond acceptors (Lipinski definition) is 3. The van der Waals surface area contributed by atoms with Gasteiger partial charge in [0.2, 0.25) is 0 Å². The van der Waals surface area contributed by atoms with Crippen LogP contribution >= 0.6 is 0 Å². The van der Waals surface area contributed by atoms with Gasteiger partial charge in [-0.05, 0) is 55.9 Å². The quantitative estimate of drug-likeness (QED) is 0.799. The van der Waals surface area contributed by atoms with Crippen LogP contribution in [-0.2, 0) is 0 Å². The van der Waals surface area contributed by atoms with Crippen molar-refractivity contribution in [1.29, 1.82) is 0 Å². The highest BCUT2D eigenvalue weighted by atomic mass is 16.5. The molecule has 1 aromatic carbocycles. The number of methoxy groups -OCH3 is 1. The minimum Gasteiger partial charge on any atom is -0.497 e. The van der Waals surface area contributed by atoms with Gasteiger partial charge in [0.15, 0.2) is 0 Å². The Hall–Kier alpha value is -1.75. The fourth-order valence-corrected chi connectivity index (χ4v) is 2.57. The van der Waals surface area contributed by atoms with E-state index in [0.717, 1.165) is 31.4 Å². The molecule has 5 heteroatoms. The topological polar surface area (TPSA) is 70.6 Å². The minimum absolute atomic E-state index is 0.293. The number of hydrogen-bond donors (Lipinski definition) is 3. The summed E-state index contributed by atoms with van der Waals surface area (Å²) in [6, 6.07) is 6.81. The van der Waals surface area contributed by atoms with Crippen molar-refractivity contribution in [2.75, 3.05) is 19.0 Å². The van der Waals surface area contributed by atoms with Crippen LogP contribution in [0.15, 0.2) is 24.3 Å². The molecule has 3 N–H and O–H groups in total. The molecule has 1 aromatic rings. The number of urea groups is 1. The Bertz CT molecular complexity index is 465. The van der Waals surface area contributed by atoms with Crippen molar-refractivity contribution in [2.45, 2.75) is 38.2 Å². The third kappa shape index (κ3) is 4.63. The average Bonchev–Trinajstić information content (AvgIpc) is 2.50. The number of carbonyl (C=O) groups excluding carboxylic acids is 1. The molecule has 0 bridgehead atoms. The Morgan fingerprint density at radius 2 is 1.95 bits per heavy atom. The lowest BCUT2D eigenvalue weighted by atomic mass is 9.79. The van der Waals surface area contributed by atoms with E-state index in [1.54, 1.807) is 31.4 Å². The first-order chi connectivity index (χ1) is 10.0. The van der Waals surface area contributed by atoms with Crippen molar-refractivity contribution in [3.05, 3.63) is 24.3 Å². The van der Waals surface area contributed by atoms with E-state index in [-0.39, 0.29) is 6.03 Å². The zero-order valence-electron chi connectivity index (χ0n) is 12.7. The number of carbonyl (C=O) groups is 1. The zero-order chi connectivity index (χ0) is 15.3. The third-order valence-corrected chi connectivity index (χ3v) is 4.13. The van der Waals surface area contributed by atoms with Gasteiger partial charge in [0.1, 0.15) is 5.75 Å². The zero-order valence-corrected chi connectivity index (χ0v) is 12.7. The summed E-state index contributed by atoms with van der Waals surface area (Å²) < 4.78 is 5.06. The molecule has 116 valence electrons. The van der Waals surface area contributed by atoms with E-state index in [4.69, 9.17) is 4.74 Å². The second kappa shape index (κ2) is 6.80. The molecule has 0 aliphatic heterocycles. The predicted octanol–water partition coefficient (Wildman–Crippen LogP) is 2.76. The maximum atomic E-state index is 11.9. The van der Waals surface area contributed by atoms with Crippen LogP contribution < -0.4 is 15.4 Å². The third-order valence-electron chi connectivity index (χ3n) is 4.13. The van der Waals surface area contributed by atoms with Crippen molar-refractivity contribution in [1.82, 2.24) is 5.32 Å². The van der Waals surface area contributed by atoms with E-state index in [9.17, 15) is 9.90 Å². The van der Waals surface area contributed by atoms with Gasteiger partial charge in [0.05, 0.1) is 12.7 Å². The minimum atomic E-state index is -0.760. The van der Waals surface area contributed by atoms with E-state index in [2.05, 4.69) is 17.6 Å². The van der Waals surface area contributed by atoms with E-state index in [1.807, 2.05) is 0 Å². The molecule has 1 aliphatic carbocycles. The summed E-state index contributed by atoms with van der Waals surface area (Å²) in [4.78, 5) is 11.9. The SMILES string of the molecule is COc1ccc(NC(=O)NCC2(O)CCC(C)CC2)cc1. The van der Waals surface area contributed by atoms with Crippen molar-refractivity contribution in [3.8, 4) is 5.75 Å². The summed E-state index contributed by atoms with van der Waals surface area (Å²) in [5.41, 5.74) is -0.0680. The number of anilines is 1. The van der Waals surface area contributed by atoms with Crippen molar-refractivity contribution in [2.24, 2.45) is 5.92 Å². The van der Waals surface area contributed by atoms with Crippen LogP contribution in [-0.4, -0.2) is 30.4 Å². The van der Waals surface area contributed by atoms with Crippen LogP contribution in [0.4, 0.5) is 10.5 Å². The van der Waals surface area contributed by atoms with Crippen LogP contribution in [0.1, 0.15) is 32.6 Å². The molecular weight excluding hydrogens is 268 g/mol. The molecule has 0 unspecified atom stereocenters. The smallest absolute Gasteiger partial charge is 0.319 e. The van der Waals surface area contributed by atoms with Crippen molar-refractivity contribution >= 4 is 11.7 Å². The number of nitrogens with one attached hydrogen (secondary N) is 2. The number of rotatable bonds is 4. The van der Waals surface area contributed by atoms with Gasteiger partial charge in [0.25, 0.3) is 0 Å². The van der Waals surface area contributed by atoms with Crippen LogP contribution in [0.5, 0.6) is 5.75 Å². The van der Waals surface area contributed by atoms with Gasteiger partial charge in [-0.15, -0.1) is 0 Å². The highest BCUT2D eigenvalue weighted by Crippen LogP contribution is 2.31. The first-order valence-electron chi connectivity index (χ1n) is 7.42. The van der Waals surface area contributed by atoms with Crippen LogP contribution in [0.3, 0.4) is 0 Å². The highest BCUT2D eigenvalue weighted by Gasteiger charge is 2.31. The molecule has 0 saturated heterocycles. The lowest BCUT2D eigenvalue weighted by Crippen LogP contribution is -2.46. The Balaban J connectivity index is 1.79. The van der Waals surface area contributed by atoms with Gasteiger partial charge in [-0.25, -0.2) is 4.79 Å². The molecule has 21 heavy (non-hydrogen) atoms. The number of amides is 2. The molecule has 1 fully saturated rings. The second-order valence-electron chi connectivity index (χ2n) is 5.94.